The fourth-order valence-electron chi connectivity index (χ4n) is 4.32. The zero-order valence-electron chi connectivity index (χ0n) is 15.8. The molecule has 0 radical (unpaired) electrons. The summed E-state index contributed by atoms with van der Waals surface area (Å²) < 4.78 is 0. The van der Waals surface area contributed by atoms with E-state index in [0.29, 0.717) is 0 Å². The van der Waals surface area contributed by atoms with Crippen molar-refractivity contribution >= 4 is 11.7 Å². The maximum Gasteiger partial charge on any atom is 0.223 e. The van der Waals surface area contributed by atoms with Crippen molar-refractivity contribution in [1.82, 2.24) is 15.3 Å². The van der Waals surface area contributed by atoms with Crippen molar-refractivity contribution in [2.75, 3.05) is 18.0 Å². The van der Waals surface area contributed by atoms with E-state index in [1.165, 1.54) is 19.3 Å². The molecule has 5 heteroatoms. The van der Waals surface area contributed by atoms with Gasteiger partial charge >= 0.3 is 0 Å². The molecule has 1 aliphatic carbocycles. The van der Waals surface area contributed by atoms with Crippen LogP contribution in [0.4, 0.5) is 5.82 Å². The minimum absolute atomic E-state index is 0.239. The Morgan fingerprint density at radius 1 is 1.00 bits per heavy atom. The summed E-state index contributed by atoms with van der Waals surface area (Å²) in [5.74, 6) is 1.51. The molecule has 1 aliphatic heterocycles. The SMILES string of the molecule is O=C(NC1CCN(c2ncncc2-c2ccccc2)CC1)C1CCCCC1. The number of benzene rings is 1. The summed E-state index contributed by atoms with van der Waals surface area (Å²) in [5, 5.41) is 3.31. The first-order valence-electron chi connectivity index (χ1n) is 10.2. The minimum Gasteiger partial charge on any atom is -0.356 e. The smallest absolute Gasteiger partial charge is 0.223 e. The van der Waals surface area contributed by atoms with Gasteiger partial charge in [-0.2, -0.15) is 0 Å². The Morgan fingerprint density at radius 3 is 2.48 bits per heavy atom. The lowest BCUT2D eigenvalue weighted by Crippen LogP contribution is -2.46. The zero-order valence-corrected chi connectivity index (χ0v) is 15.8. The summed E-state index contributed by atoms with van der Waals surface area (Å²) in [6, 6.07) is 10.6. The van der Waals surface area contributed by atoms with Crippen LogP contribution in [0.5, 0.6) is 0 Å². The highest BCUT2D eigenvalue weighted by Gasteiger charge is 2.27. The van der Waals surface area contributed by atoms with E-state index in [0.717, 1.165) is 55.7 Å². The quantitative estimate of drug-likeness (QED) is 0.896. The van der Waals surface area contributed by atoms with Gasteiger partial charge in [-0.05, 0) is 31.2 Å². The molecule has 1 aromatic carbocycles. The predicted molar refractivity (Wildman–Crippen MR) is 107 cm³/mol. The molecule has 2 aliphatic rings. The van der Waals surface area contributed by atoms with Crippen LogP contribution in [0, 0.1) is 5.92 Å². The van der Waals surface area contributed by atoms with Gasteiger partial charge in [0.25, 0.3) is 0 Å². The minimum atomic E-state index is 0.239. The number of nitrogens with zero attached hydrogens (tertiary/aromatic N) is 3. The van der Waals surface area contributed by atoms with Crippen molar-refractivity contribution in [3.8, 4) is 11.1 Å². The van der Waals surface area contributed by atoms with Crippen molar-refractivity contribution in [1.29, 1.82) is 0 Å². The summed E-state index contributed by atoms with van der Waals surface area (Å²) >= 11 is 0. The fourth-order valence-corrected chi connectivity index (χ4v) is 4.32. The number of carbonyl (C=O) groups is 1. The van der Waals surface area contributed by atoms with Crippen molar-refractivity contribution in [3.05, 3.63) is 42.9 Å². The Balaban J connectivity index is 1.38. The lowest BCUT2D eigenvalue weighted by molar-refractivity contribution is -0.126. The van der Waals surface area contributed by atoms with Crippen LogP contribution in [-0.2, 0) is 4.79 Å². The molecule has 5 nitrogen and oxygen atoms in total. The molecular weight excluding hydrogens is 336 g/mol. The number of amides is 1. The van der Waals surface area contributed by atoms with E-state index in [9.17, 15) is 4.79 Å². The number of nitrogens with one attached hydrogen (secondary N) is 1. The number of aromatic nitrogens is 2. The highest BCUT2D eigenvalue weighted by Crippen LogP contribution is 2.30. The molecule has 0 unspecified atom stereocenters. The molecule has 1 saturated carbocycles. The first-order valence-corrected chi connectivity index (χ1v) is 10.2. The second kappa shape index (κ2) is 8.51. The summed E-state index contributed by atoms with van der Waals surface area (Å²) in [5.41, 5.74) is 2.21. The second-order valence-electron chi connectivity index (χ2n) is 7.73. The molecule has 1 saturated heterocycles. The number of anilines is 1. The summed E-state index contributed by atoms with van der Waals surface area (Å²) in [6.45, 7) is 1.82. The molecule has 2 fully saturated rings. The largest absolute Gasteiger partial charge is 0.356 e. The van der Waals surface area contributed by atoms with Crippen LogP contribution in [0.25, 0.3) is 11.1 Å². The lowest BCUT2D eigenvalue weighted by atomic mass is 9.88. The van der Waals surface area contributed by atoms with Gasteiger partial charge in [0, 0.05) is 36.8 Å². The maximum absolute atomic E-state index is 12.5. The summed E-state index contributed by atoms with van der Waals surface area (Å²) in [4.78, 5) is 23.6. The predicted octanol–water partition coefficient (Wildman–Crippen LogP) is 3.81. The van der Waals surface area contributed by atoms with E-state index in [1.807, 2.05) is 24.4 Å². The third kappa shape index (κ3) is 4.29. The van der Waals surface area contributed by atoms with E-state index in [-0.39, 0.29) is 17.9 Å². The molecule has 2 aromatic rings. The van der Waals surface area contributed by atoms with Gasteiger partial charge in [0.1, 0.15) is 12.1 Å². The number of piperidine rings is 1. The topological polar surface area (TPSA) is 58.1 Å². The number of hydrogen-bond acceptors (Lipinski definition) is 4. The molecule has 2 heterocycles. The lowest BCUT2D eigenvalue weighted by Gasteiger charge is -2.35. The van der Waals surface area contributed by atoms with Crippen molar-refractivity contribution in [2.24, 2.45) is 5.92 Å². The maximum atomic E-state index is 12.5. The Morgan fingerprint density at radius 2 is 1.74 bits per heavy atom. The molecule has 0 spiro atoms. The molecule has 1 aromatic heterocycles. The van der Waals surface area contributed by atoms with Crippen LogP contribution in [0.3, 0.4) is 0 Å². The Kier molecular flexibility index (Phi) is 5.66. The molecule has 0 bridgehead atoms. The van der Waals surface area contributed by atoms with Crippen LogP contribution in [0.1, 0.15) is 44.9 Å². The van der Waals surface area contributed by atoms with Crippen LogP contribution < -0.4 is 10.2 Å². The standard InChI is InChI=1S/C22H28N4O/c27-22(18-9-5-2-6-10-18)25-19-11-13-26(14-12-19)21-20(15-23-16-24-21)17-7-3-1-4-8-17/h1,3-4,7-8,15-16,18-19H,2,5-6,9-14H2,(H,25,27). The van der Waals surface area contributed by atoms with Crippen LogP contribution in [0.2, 0.25) is 0 Å². The van der Waals surface area contributed by atoms with Gasteiger partial charge in [-0.15, -0.1) is 0 Å². The van der Waals surface area contributed by atoms with Crippen LogP contribution in [-0.4, -0.2) is 35.0 Å². The Bertz CT molecular complexity index is 750. The normalized spacial score (nSPS) is 19.0. The van der Waals surface area contributed by atoms with E-state index in [4.69, 9.17) is 0 Å². The highest BCUT2D eigenvalue weighted by molar-refractivity contribution is 5.79. The van der Waals surface area contributed by atoms with Gasteiger partial charge in [-0.1, -0.05) is 49.6 Å². The zero-order chi connectivity index (χ0) is 18.5. The second-order valence-corrected chi connectivity index (χ2v) is 7.73. The summed E-state index contributed by atoms with van der Waals surface area (Å²) in [6.07, 6.45) is 11.3. The third-order valence-corrected chi connectivity index (χ3v) is 5.89. The first-order chi connectivity index (χ1) is 13.3. The van der Waals surface area contributed by atoms with Crippen LogP contribution >= 0.6 is 0 Å². The van der Waals surface area contributed by atoms with Crippen molar-refractivity contribution in [2.45, 2.75) is 51.0 Å². The molecule has 1 N–H and O–H groups in total. The van der Waals surface area contributed by atoms with Gasteiger partial charge in [0.15, 0.2) is 0 Å². The molecule has 142 valence electrons. The molecule has 0 atom stereocenters. The highest BCUT2D eigenvalue weighted by atomic mass is 16.1. The molecule has 27 heavy (non-hydrogen) atoms. The van der Waals surface area contributed by atoms with E-state index in [2.05, 4.69) is 32.3 Å². The van der Waals surface area contributed by atoms with Crippen molar-refractivity contribution in [3.63, 3.8) is 0 Å². The number of carbonyl (C=O) groups excluding carboxylic acids is 1. The number of rotatable bonds is 4. The van der Waals surface area contributed by atoms with Gasteiger partial charge < -0.3 is 10.2 Å². The van der Waals surface area contributed by atoms with Gasteiger partial charge in [0.2, 0.25) is 5.91 Å². The molecule has 1 amide bonds. The summed E-state index contributed by atoms with van der Waals surface area (Å²) in [7, 11) is 0. The van der Waals surface area contributed by atoms with Gasteiger partial charge in [0.05, 0.1) is 0 Å². The number of hydrogen-bond donors (Lipinski definition) is 1. The van der Waals surface area contributed by atoms with E-state index in [1.54, 1.807) is 6.33 Å². The van der Waals surface area contributed by atoms with Crippen molar-refractivity contribution < 1.29 is 4.79 Å². The Labute approximate surface area is 161 Å². The first kappa shape index (κ1) is 18.0. The molecule has 4 rings (SSSR count). The fraction of sp³-hybridized carbons (Fsp3) is 0.500. The molecular formula is C22H28N4O. The van der Waals surface area contributed by atoms with Gasteiger partial charge in [-0.25, -0.2) is 9.97 Å². The van der Waals surface area contributed by atoms with Gasteiger partial charge in [-0.3, -0.25) is 4.79 Å². The Hall–Kier alpha value is -2.43. The third-order valence-electron chi connectivity index (χ3n) is 5.89. The van der Waals surface area contributed by atoms with E-state index >= 15 is 0 Å². The average molecular weight is 364 g/mol. The van der Waals surface area contributed by atoms with E-state index < -0.39 is 0 Å². The monoisotopic (exact) mass is 364 g/mol. The van der Waals surface area contributed by atoms with Crippen LogP contribution in [0.15, 0.2) is 42.9 Å². The average Bonchev–Trinajstić information content (AvgIpc) is 2.75.